The standard InChI is InChI=1S/C17H19ClO/c1-17(2,3)15-10-12(11-18)9-14(16(15)19)13-7-5-4-6-8-13/h4-10,19H,11H2,1-3H3. The summed E-state index contributed by atoms with van der Waals surface area (Å²) in [6, 6.07) is 13.9. The van der Waals surface area contributed by atoms with Crippen LogP contribution in [0.4, 0.5) is 0 Å². The van der Waals surface area contributed by atoms with Crippen molar-refractivity contribution in [3.05, 3.63) is 53.6 Å². The molecule has 0 bridgehead atoms. The SMILES string of the molecule is CC(C)(C)c1cc(CCl)cc(-c2ccccc2)c1O. The maximum atomic E-state index is 10.6. The van der Waals surface area contributed by atoms with Crippen LogP contribution in [-0.4, -0.2) is 5.11 Å². The number of benzene rings is 2. The lowest BCUT2D eigenvalue weighted by Gasteiger charge is -2.23. The van der Waals surface area contributed by atoms with Gasteiger partial charge in [-0.3, -0.25) is 0 Å². The number of aromatic hydroxyl groups is 1. The number of alkyl halides is 1. The van der Waals surface area contributed by atoms with Gasteiger partial charge in [-0.25, -0.2) is 0 Å². The first-order valence-electron chi connectivity index (χ1n) is 6.41. The Morgan fingerprint density at radius 3 is 2.21 bits per heavy atom. The summed E-state index contributed by atoms with van der Waals surface area (Å²) in [5.74, 6) is 0.802. The summed E-state index contributed by atoms with van der Waals surface area (Å²) in [7, 11) is 0. The topological polar surface area (TPSA) is 20.2 Å². The monoisotopic (exact) mass is 274 g/mol. The molecule has 19 heavy (non-hydrogen) atoms. The first-order valence-corrected chi connectivity index (χ1v) is 6.94. The van der Waals surface area contributed by atoms with Gasteiger partial charge in [0.25, 0.3) is 0 Å². The second kappa shape index (κ2) is 5.26. The van der Waals surface area contributed by atoms with Crippen LogP contribution < -0.4 is 0 Å². The summed E-state index contributed by atoms with van der Waals surface area (Å²) in [5, 5.41) is 10.6. The van der Waals surface area contributed by atoms with Crippen molar-refractivity contribution in [2.75, 3.05) is 0 Å². The van der Waals surface area contributed by atoms with Crippen LogP contribution in [0.25, 0.3) is 11.1 Å². The van der Waals surface area contributed by atoms with Crippen LogP contribution in [0.2, 0.25) is 0 Å². The highest BCUT2D eigenvalue weighted by Gasteiger charge is 2.21. The van der Waals surface area contributed by atoms with Crippen molar-refractivity contribution in [3.63, 3.8) is 0 Å². The molecule has 0 atom stereocenters. The number of hydrogen-bond acceptors (Lipinski definition) is 1. The van der Waals surface area contributed by atoms with Crippen LogP contribution in [0.3, 0.4) is 0 Å². The summed E-state index contributed by atoms with van der Waals surface area (Å²) >= 11 is 5.98. The molecular formula is C17H19ClO. The quantitative estimate of drug-likeness (QED) is 0.756. The van der Waals surface area contributed by atoms with Gasteiger partial charge in [0.1, 0.15) is 5.75 Å². The van der Waals surface area contributed by atoms with E-state index in [0.29, 0.717) is 11.6 Å². The molecule has 0 spiro atoms. The predicted molar refractivity (Wildman–Crippen MR) is 81.8 cm³/mol. The number of phenols is 1. The molecule has 2 rings (SSSR count). The normalized spacial score (nSPS) is 11.6. The van der Waals surface area contributed by atoms with Gasteiger partial charge in [-0.15, -0.1) is 11.6 Å². The van der Waals surface area contributed by atoms with Crippen molar-refractivity contribution in [2.45, 2.75) is 32.1 Å². The zero-order chi connectivity index (χ0) is 14.0. The van der Waals surface area contributed by atoms with Gasteiger partial charge < -0.3 is 5.11 Å². The second-order valence-corrected chi connectivity index (χ2v) is 6.06. The van der Waals surface area contributed by atoms with Crippen molar-refractivity contribution in [1.82, 2.24) is 0 Å². The molecule has 0 radical (unpaired) electrons. The van der Waals surface area contributed by atoms with E-state index in [9.17, 15) is 5.11 Å². The fourth-order valence-electron chi connectivity index (χ4n) is 2.18. The van der Waals surface area contributed by atoms with E-state index in [0.717, 1.165) is 22.3 Å². The molecule has 0 unspecified atom stereocenters. The van der Waals surface area contributed by atoms with E-state index in [1.807, 2.05) is 42.5 Å². The molecule has 0 aliphatic rings. The van der Waals surface area contributed by atoms with E-state index in [-0.39, 0.29) is 5.41 Å². The van der Waals surface area contributed by atoms with Crippen molar-refractivity contribution < 1.29 is 5.11 Å². The molecule has 0 saturated heterocycles. The molecule has 0 aliphatic heterocycles. The molecule has 2 heteroatoms. The first-order chi connectivity index (χ1) is 8.93. The molecule has 100 valence electrons. The fraction of sp³-hybridized carbons (Fsp3) is 0.294. The highest BCUT2D eigenvalue weighted by atomic mass is 35.5. The van der Waals surface area contributed by atoms with Gasteiger partial charge in [0.05, 0.1) is 0 Å². The van der Waals surface area contributed by atoms with E-state index in [4.69, 9.17) is 11.6 Å². The number of halogens is 1. The Morgan fingerprint density at radius 2 is 1.68 bits per heavy atom. The zero-order valence-corrected chi connectivity index (χ0v) is 12.3. The van der Waals surface area contributed by atoms with Crippen molar-refractivity contribution >= 4 is 11.6 Å². The van der Waals surface area contributed by atoms with Crippen molar-refractivity contribution in [2.24, 2.45) is 0 Å². The highest BCUT2D eigenvalue weighted by molar-refractivity contribution is 6.17. The van der Waals surface area contributed by atoms with E-state index < -0.39 is 0 Å². The van der Waals surface area contributed by atoms with E-state index >= 15 is 0 Å². The number of hydrogen-bond donors (Lipinski definition) is 1. The van der Waals surface area contributed by atoms with Crippen LogP contribution in [0.15, 0.2) is 42.5 Å². The largest absolute Gasteiger partial charge is 0.507 e. The summed E-state index contributed by atoms with van der Waals surface area (Å²) < 4.78 is 0. The summed E-state index contributed by atoms with van der Waals surface area (Å²) in [4.78, 5) is 0. The third kappa shape index (κ3) is 2.93. The van der Waals surface area contributed by atoms with Crippen LogP contribution in [0.5, 0.6) is 5.75 Å². The first kappa shape index (κ1) is 14.0. The Morgan fingerprint density at radius 1 is 1.05 bits per heavy atom. The minimum Gasteiger partial charge on any atom is -0.507 e. The third-order valence-corrected chi connectivity index (χ3v) is 3.53. The molecule has 0 aromatic heterocycles. The maximum absolute atomic E-state index is 10.6. The molecule has 0 heterocycles. The second-order valence-electron chi connectivity index (χ2n) is 5.79. The minimum absolute atomic E-state index is 0.115. The lowest BCUT2D eigenvalue weighted by Crippen LogP contribution is -2.12. The smallest absolute Gasteiger partial charge is 0.127 e. The average molecular weight is 275 g/mol. The van der Waals surface area contributed by atoms with E-state index in [1.54, 1.807) is 0 Å². The maximum Gasteiger partial charge on any atom is 0.127 e. The molecule has 1 N–H and O–H groups in total. The molecule has 0 fully saturated rings. The summed E-state index contributed by atoms with van der Waals surface area (Å²) in [6.45, 7) is 6.28. The van der Waals surface area contributed by atoms with Crippen molar-refractivity contribution in [1.29, 1.82) is 0 Å². The molecule has 0 amide bonds. The van der Waals surface area contributed by atoms with Crippen LogP contribution >= 0.6 is 11.6 Å². The van der Waals surface area contributed by atoms with E-state index in [2.05, 4.69) is 20.8 Å². The van der Waals surface area contributed by atoms with Crippen LogP contribution in [0, 0.1) is 0 Å². The lowest BCUT2D eigenvalue weighted by molar-refractivity contribution is 0.448. The highest BCUT2D eigenvalue weighted by Crippen LogP contribution is 2.39. The van der Waals surface area contributed by atoms with Gasteiger partial charge in [-0.2, -0.15) is 0 Å². The molecule has 0 aliphatic carbocycles. The van der Waals surface area contributed by atoms with Crippen molar-refractivity contribution in [3.8, 4) is 16.9 Å². The van der Waals surface area contributed by atoms with Gasteiger partial charge in [0, 0.05) is 17.0 Å². The summed E-state index contributed by atoms with van der Waals surface area (Å²) in [6.07, 6.45) is 0. The lowest BCUT2D eigenvalue weighted by atomic mass is 9.83. The zero-order valence-electron chi connectivity index (χ0n) is 11.6. The molecule has 2 aromatic rings. The fourth-order valence-corrected chi connectivity index (χ4v) is 2.34. The Balaban J connectivity index is 2.68. The molecule has 0 saturated carbocycles. The Bertz CT molecular complexity index is 568. The third-order valence-electron chi connectivity index (χ3n) is 3.22. The Labute approximate surface area is 119 Å². The predicted octanol–water partition coefficient (Wildman–Crippen LogP) is 5.10. The minimum atomic E-state index is -0.115. The van der Waals surface area contributed by atoms with Gasteiger partial charge in [-0.05, 0) is 22.6 Å². The van der Waals surface area contributed by atoms with Gasteiger partial charge >= 0.3 is 0 Å². The van der Waals surface area contributed by atoms with E-state index in [1.165, 1.54) is 0 Å². The average Bonchev–Trinajstić information content (AvgIpc) is 2.38. The summed E-state index contributed by atoms with van der Waals surface area (Å²) in [5.41, 5.74) is 3.71. The van der Waals surface area contributed by atoms with Crippen LogP contribution in [-0.2, 0) is 11.3 Å². The number of rotatable bonds is 2. The molecule has 1 nitrogen and oxygen atoms in total. The Hall–Kier alpha value is -1.47. The van der Waals surface area contributed by atoms with Gasteiger partial charge in [0.15, 0.2) is 0 Å². The van der Waals surface area contributed by atoms with Gasteiger partial charge in [-0.1, -0.05) is 57.2 Å². The number of phenolic OH excluding ortho intramolecular Hbond substituents is 1. The Kier molecular flexibility index (Phi) is 3.86. The molecular weight excluding hydrogens is 256 g/mol. The van der Waals surface area contributed by atoms with Gasteiger partial charge in [0.2, 0.25) is 0 Å². The molecule has 2 aromatic carbocycles. The van der Waals surface area contributed by atoms with Crippen LogP contribution in [0.1, 0.15) is 31.9 Å².